The van der Waals surface area contributed by atoms with E-state index in [1.165, 1.54) is 6.07 Å². The molecule has 0 bridgehead atoms. The maximum atomic E-state index is 13.4. The zero-order valence-electron chi connectivity index (χ0n) is 11.4. The molecule has 7 heteroatoms. The van der Waals surface area contributed by atoms with Gasteiger partial charge in [-0.05, 0) is 42.0 Å². The Morgan fingerprint density at radius 2 is 1.77 bits per heavy atom. The van der Waals surface area contributed by atoms with Gasteiger partial charge in [-0.2, -0.15) is 0 Å². The Labute approximate surface area is 141 Å². The van der Waals surface area contributed by atoms with Crippen LogP contribution in [0.15, 0.2) is 53.0 Å². The minimum absolute atomic E-state index is 0.106. The molecule has 0 atom stereocenters. The van der Waals surface area contributed by atoms with Crippen LogP contribution in [0.5, 0.6) is 0 Å². The van der Waals surface area contributed by atoms with Crippen molar-refractivity contribution in [2.24, 2.45) is 0 Å². The van der Waals surface area contributed by atoms with Crippen molar-refractivity contribution in [3.05, 3.63) is 64.4 Å². The Kier molecular flexibility index (Phi) is 5.85. The summed E-state index contributed by atoms with van der Waals surface area (Å²) in [6.45, 7) is 0. The van der Waals surface area contributed by atoms with E-state index in [1.807, 2.05) is 24.3 Å². The molecule has 0 aliphatic carbocycles. The van der Waals surface area contributed by atoms with E-state index in [-0.39, 0.29) is 23.1 Å². The average molecular weight is 382 g/mol. The molecule has 3 N–H and O–H groups in total. The van der Waals surface area contributed by atoms with Crippen molar-refractivity contribution in [2.45, 2.75) is 6.42 Å². The molecule has 0 unspecified atom stereocenters. The lowest BCUT2D eigenvalue weighted by Crippen LogP contribution is -2.44. The molecular weight excluding hydrogens is 369 g/mol. The van der Waals surface area contributed by atoms with Crippen LogP contribution in [0.1, 0.15) is 5.56 Å². The molecule has 0 heterocycles. The van der Waals surface area contributed by atoms with Crippen molar-refractivity contribution in [1.29, 1.82) is 0 Å². The largest absolute Gasteiger partial charge is 0.329 e. The maximum absolute atomic E-state index is 13.4. The number of carbonyl (C=O) groups excluding carboxylic acids is 1. The lowest BCUT2D eigenvalue weighted by Gasteiger charge is -2.12. The monoisotopic (exact) mass is 381 g/mol. The van der Waals surface area contributed by atoms with Gasteiger partial charge in [-0.15, -0.1) is 0 Å². The highest BCUT2D eigenvalue weighted by Crippen LogP contribution is 2.12. The summed E-state index contributed by atoms with van der Waals surface area (Å²) in [5.74, 6) is -0.673. The molecule has 0 aromatic heterocycles. The van der Waals surface area contributed by atoms with Crippen molar-refractivity contribution < 1.29 is 9.18 Å². The first kappa shape index (κ1) is 16.4. The van der Waals surface area contributed by atoms with Crippen LogP contribution in [0.3, 0.4) is 0 Å². The minimum Gasteiger partial charge on any atom is -0.329 e. The van der Waals surface area contributed by atoms with Gasteiger partial charge in [-0.25, -0.2) is 4.39 Å². The number of benzene rings is 2. The van der Waals surface area contributed by atoms with Crippen molar-refractivity contribution >= 4 is 44.9 Å². The van der Waals surface area contributed by atoms with Crippen molar-refractivity contribution in [3.63, 3.8) is 0 Å². The highest BCUT2D eigenvalue weighted by molar-refractivity contribution is 9.10. The van der Waals surface area contributed by atoms with Crippen LogP contribution < -0.4 is 16.2 Å². The zero-order valence-corrected chi connectivity index (χ0v) is 13.8. The minimum atomic E-state index is -0.423. The number of carbonyl (C=O) groups is 1. The fourth-order valence-corrected chi connectivity index (χ4v) is 2.10. The van der Waals surface area contributed by atoms with Crippen LogP contribution in [0.2, 0.25) is 0 Å². The molecule has 0 fully saturated rings. The van der Waals surface area contributed by atoms with Gasteiger partial charge in [0.25, 0.3) is 0 Å². The number of hydrazine groups is 1. The SMILES string of the molecule is O=C(Cc1ccc(Br)cc1)NNC(=S)Nc1ccccc1F. The van der Waals surface area contributed by atoms with Crippen LogP contribution in [0.4, 0.5) is 10.1 Å². The molecule has 0 saturated heterocycles. The van der Waals surface area contributed by atoms with Crippen LogP contribution in [0.25, 0.3) is 0 Å². The average Bonchev–Trinajstić information content (AvgIpc) is 2.50. The molecule has 22 heavy (non-hydrogen) atoms. The number of thiocarbonyl (C=S) groups is 1. The van der Waals surface area contributed by atoms with Crippen LogP contribution in [-0.4, -0.2) is 11.0 Å². The summed E-state index contributed by atoms with van der Waals surface area (Å²) in [6, 6.07) is 13.5. The zero-order chi connectivity index (χ0) is 15.9. The van der Waals surface area contributed by atoms with Gasteiger partial charge in [-0.1, -0.05) is 40.2 Å². The second-order valence-corrected chi connectivity index (χ2v) is 5.73. The third kappa shape index (κ3) is 5.09. The first-order chi connectivity index (χ1) is 10.5. The summed E-state index contributed by atoms with van der Waals surface area (Å²) < 4.78 is 14.4. The Bertz CT molecular complexity index is 679. The molecule has 0 aliphatic heterocycles. The van der Waals surface area contributed by atoms with Crippen LogP contribution in [-0.2, 0) is 11.2 Å². The van der Waals surface area contributed by atoms with Gasteiger partial charge in [-0.3, -0.25) is 15.6 Å². The Hall–Kier alpha value is -1.99. The standard InChI is InChI=1S/C15H13BrFN3OS/c16-11-7-5-10(6-8-11)9-14(21)19-20-15(22)18-13-4-2-1-3-12(13)17/h1-8H,9H2,(H,19,21)(H2,18,20,22). The summed E-state index contributed by atoms with van der Waals surface area (Å²) >= 11 is 8.32. The topological polar surface area (TPSA) is 53.2 Å². The van der Waals surface area contributed by atoms with E-state index in [0.29, 0.717) is 0 Å². The molecule has 0 aliphatic rings. The number of anilines is 1. The molecule has 2 aromatic carbocycles. The lowest BCUT2D eigenvalue weighted by atomic mass is 10.1. The summed E-state index contributed by atoms with van der Waals surface area (Å²) in [6.07, 6.45) is 0.211. The third-order valence-corrected chi connectivity index (χ3v) is 3.45. The van der Waals surface area contributed by atoms with E-state index in [2.05, 4.69) is 32.1 Å². The first-order valence-corrected chi connectivity index (χ1v) is 7.59. The number of nitrogens with one attached hydrogen (secondary N) is 3. The summed E-state index contributed by atoms with van der Waals surface area (Å²) in [5.41, 5.74) is 6.10. The predicted octanol–water partition coefficient (Wildman–Crippen LogP) is 3.15. The van der Waals surface area contributed by atoms with Gasteiger partial charge in [0.15, 0.2) is 5.11 Å². The molecule has 0 saturated carbocycles. The van der Waals surface area contributed by atoms with E-state index >= 15 is 0 Å². The molecule has 0 spiro atoms. The molecule has 2 aromatic rings. The molecule has 0 radical (unpaired) electrons. The van der Waals surface area contributed by atoms with Gasteiger partial charge >= 0.3 is 0 Å². The second-order valence-electron chi connectivity index (χ2n) is 4.41. The third-order valence-electron chi connectivity index (χ3n) is 2.72. The van der Waals surface area contributed by atoms with E-state index in [4.69, 9.17) is 12.2 Å². The molecule has 4 nitrogen and oxygen atoms in total. The van der Waals surface area contributed by atoms with Gasteiger partial charge in [0.1, 0.15) is 5.82 Å². The van der Waals surface area contributed by atoms with Gasteiger partial charge in [0.05, 0.1) is 12.1 Å². The Balaban J connectivity index is 1.79. The van der Waals surface area contributed by atoms with E-state index in [9.17, 15) is 9.18 Å². The molecule has 1 amide bonds. The van der Waals surface area contributed by atoms with E-state index < -0.39 is 5.82 Å². The lowest BCUT2D eigenvalue weighted by molar-refractivity contribution is -0.120. The molecule has 114 valence electrons. The number of hydrogen-bond donors (Lipinski definition) is 3. The van der Waals surface area contributed by atoms with Crippen molar-refractivity contribution in [2.75, 3.05) is 5.32 Å². The number of rotatable bonds is 3. The van der Waals surface area contributed by atoms with E-state index in [1.54, 1.807) is 18.2 Å². The maximum Gasteiger partial charge on any atom is 0.242 e. The van der Waals surface area contributed by atoms with Gasteiger partial charge < -0.3 is 5.32 Å². The summed E-state index contributed by atoms with van der Waals surface area (Å²) in [4.78, 5) is 11.8. The Morgan fingerprint density at radius 1 is 1.09 bits per heavy atom. The molecular formula is C15H13BrFN3OS. The fourth-order valence-electron chi connectivity index (χ4n) is 1.67. The normalized spacial score (nSPS) is 9.91. The fraction of sp³-hybridized carbons (Fsp3) is 0.0667. The molecule has 2 rings (SSSR count). The first-order valence-electron chi connectivity index (χ1n) is 6.39. The summed E-state index contributed by atoms with van der Waals surface area (Å²) in [7, 11) is 0. The highest BCUT2D eigenvalue weighted by atomic mass is 79.9. The number of hydrogen-bond acceptors (Lipinski definition) is 2. The smallest absolute Gasteiger partial charge is 0.242 e. The van der Waals surface area contributed by atoms with Crippen molar-refractivity contribution in [3.8, 4) is 0 Å². The quantitative estimate of drug-likeness (QED) is 0.564. The second kappa shape index (κ2) is 7.86. The van der Waals surface area contributed by atoms with Crippen molar-refractivity contribution in [1.82, 2.24) is 10.9 Å². The van der Waals surface area contributed by atoms with Crippen LogP contribution in [0, 0.1) is 5.82 Å². The predicted molar refractivity (Wildman–Crippen MR) is 91.7 cm³/mol. The highest BCUT2D eigenvalue weighted by Gasteiger charge is 2.06. The Morgan fingerprint density at radius 3 is 2.45 bits per heavy atom. The van der Waals surface area contributed by atoms with Gasteiger partial charge in [0, 0.05) is 4.47 Å². The number of para-hydroxylation sites is 1. The number of halogens is 2. The van der Waals surface area contributed by atoms with E-state index in [0.717, 1.165) is 10.0 Å². The summed E-state index contributed by atoms with van der Waals surface area (Å²) in [5, 5.41) is 2.77. The van der Waals surface area contributed by atoms with Crippen LogP contribution >= 0.6 is 28.1 Å². The van der Waals surface area contributed by atoms with Gasteiger partial charge in [0.2, 0.25) is 5.91 Å². The number of amides is 1.